The van der Waals surface area contributed by atoms with Crippen molar-refractivity contribution >= 4 is 11.9 Å². The monoisotopic (exact) mass is 255 g/mol. The van der Waals surface area contributed by atoms with Crippen LogP contribution in [0.5, 0.6) is 0 Å². The van der Waals surface area contributed by atoms with E-state index in [0.717, 1.165) is 25.7 Å². The number of amides is 1. The van der Waals surface area contributed by atoms with Gasteiger partial charge in [0.15, 0.2) is 6.10 Å². The van der Waals surface area contributed by atoms with Crippen molar-refractivity contribution in [3.8, 4) is 0 Å². The van der Waals surface area contributed by atoms with Crippen molar-refractivity contribution in [2.24, 2.45) is 23.0 Å². The fourth-order valence-corrected chi connectivity index (χ4v) is 2.52. The molecule has 1 unspecified atom stereocenters. The minimum Gasteiger partial charge on any atom is -0.452 e. The fraction of sp³-hybridized carbons (Fsp3) is 0.857. The Morgan fingerprint density at radius 1 is 1.17 bits per heavy atom. The van der Waals surface area contributed by atoms with Gasteiger partial charge in [-0.15, -0.1) is 0 Å². The first kappa shape index (κ1) is 15.0. The van der Waals surface area contributed by atoms with Crippen LogP contribution in [0.4, 0.5) is 0 Å². The average Bonchev–Trinajstić information content (AvgIpc) is 2.27. The molecule has 0 heterocycles. The Labute approximate surface area is 109 Å². The maximum atomic E-state index is 11.8. The zero-order chi connectivity index (χ0) is 13.9. The highest BCUT2D eigenvalue weighted by Gasteiger charge is 2.33. The zero-order valence-corrected chi connectivity index (χ0v) is 11.9. The quantitative estimate of drug-likeness (QED) is 0.786. The number of hydrogen-bond donors (Lipinski definition) is 1. The summed E-state index contributed by atoms with van der Waals surface area (Å²) in [6.45, 7) is 8.24. The maximum absolute atomic E-state index is 11.8. The van der Waals surface area contributed by atoms with Crippen LogP contribution in [0.25, 0.3) is 0 Å². The molecule has 104 valence electrons. The molecule has 0 aromatic rings. The number of primary amides is 1. The first-order valence-corrected chi connectivity index (χ1v) is 6.71. The Hall–Kier alpha value is -1.06. The van der Waals surface area contributed by atoms with Gasteiger partial charge in [0, 0.05) is 0 Å². The summed E-state index contributed by atoms with van der Waals surface area (Å²) in [7, 11) is 0. The molecule has 0 spiro atoms. The molecule has 0 aromatic carbocycles. The van der Waals surface area contributed by atoms with Crippen LogP contribution in [0.1, 0.15) is 53.4 Å². The number of ether oxygens (including phenoxy) is 1. The summed E-state index contributed by atoms with van der Waals surface area (Å²) in [6, 6.07) is 0. The lowest BCUT2D eigenvalue weighted by Gasteiger charge is -2.36. The number of esters is 1. The van der Waals surface area contributed by atoms with Crippen LogP contribution >= 0.6 is 0 Å². The van der Waals surface area contributed by atoms with Crippen LogP contribution in [0.3, 0.4) is 0 Å². The molecule has 1 aliphatic carbocycles. The molecule has 1 fully saturated rings. The highest BCUT2D eigenvalue weighted by Crippen LogP contribution is 2.40. The Kier molecular flexibility index (Phi) is 4.77. The van der Waals surface area contributed by atoms with E-state index in [1.165, 1.54) is 6.92 Å². The van der Waals surface area contributed by atoms with Crippen LogP contribution in [-0.2, 0) is 14.3 Å². The fourth-order valence-electron chi connectivity index (χ4n) is 2.52. The predicted octanol–water partition coefficient (Wildman–Crippen LogP) is 2.26. The largest absolute Gasteiger partial charge is 0.452 e. The third kappa shape index (κ3) is 4.00. The van der Waals surface area contributed by atoms with E-state index in [1.807, 2.05) is 0 Å². The van der Waals surface area contributed by atoms with E-state index in [-0.39, 0.29) is 11.9 Å². The number of hydrogen-bond acceptors (Lipinski definition) is 3. The second-order valence-corrected chi connectivity index (χ2v) is 6.40. The number of rotatable bonds is 3. The van der Waals surface area contributed by atoms with Gasteiger partial charge in [0.2, 0.25) is 0 Å². The molecule has 1 atom stereocenters. The Morgan fingerprint density at radius 2 is 1.67 bits per heavy atom. The molecule has 1 rings (SSSR count). The lowest BCUT2D eigenvalue weighted by Crippen LogP contribution is -2.35. The van der Waals surface area contributed by atoms with E-state index in [4.69, 9.17) is 10.5 Å². The van der Waals surface area contributed by atoms with E-state index < -0.39 is 12.0 Å². The first-order chi connectivity index (χ1) is 8.21. The third-order valence-electron chi connectivity index (χ3n) is 3.98. The van der Waals surface area contributed by atoms with Gasteiger partial charge >= 0.3 is 5.97 Å². The molecule has 0 saturated heterocycles. The van der Waals surface area contributed by atoms with Crippen LogP contribution < -0.4 is 5.73 Å². The summed E-state index contributed by atoms with van der Waals surface area (Å²) in [4.78, 5) is 22.7. The van der Waals surface area contributed by atoms with Crippen molar-refractivity contribution in [3.63, 3.8) is 0 Å². The van der Waals surface area contributed by atoms with Gasteiger partial charge in [0.05, 0.1) is 5.92 Å². The molecule has 1 aliphatic rings. The number of carbonyl (C=O) groups is 2. The average molecular weight is 255 g/mol. The molecule has 2 N–H and O–H groups in total. The highest BCUT2D eigenvalue weighted by molar-refractivity contribution is 5.82. The molecule has 0 aromatic heterocycles. The molecule has 0 bridgehead atoms. The van der Waals surface area contributed by atoms with Crippen molar-refractivity contribution in [3.05, 3.63) is 0 Å². The number of carbonyl (C=O) groups excluding carboxylic acids is 2. The van der Waals surface area contributed by atoms with Gasteiger partial charge < -0.3 is 10.5 Å². The minimum atomic E-state index is -0.821. The first-order valence-electron chi connectivity index (χ1n) is 6.71. The second kappa shape index (κ2) is 5.72. The lowest BCUT2D eigenvalue weighted by molar-refractivity contribution is -0.159. The lowest BCUT2D eigenvalue weighted by atomic mass is 9.70. The van der Waals surface area contributed by atoms with Crippen LogP contribution in [0, 0.1) is 17.3 Å². The number of nitrogens with two attached hydrogens (primary N) is 1. The van der Waals surface area contributed by atoms with Gasteiger partial charge in [0.1, 0.15) is 0 Å². The Bertz CT molecular complexity index is 311. The van der Waals surface area contributed by atoms with Gasteiger partial charge in [0.25, 0.3) is 5.91 Å². The van der Waals surface area contributed by atoms with Crippen molar-refractivity contribution < 1.29 is 14.3 Å². The molecule has 1 saturated carbocycles. The standard InChI is InChI=1S/C14H25NO3/c1-9(12(15)16)18-13(17)10-5-7-11(8-6-10)14(2,3)4/h9-11H,5-8H2,1-4H3,(H2,15,16). The van der Waals surface area contributed by atoms with Crippen molar-refractivity contribution in [1.82, 2.24) is 0 Å². The van der Waals surface area contributed by atoms with Gasteiger partial charge in [-0.1, -0.05) is 20.8 Å². The van der Waals surface area contributed by atoms with E-state index in [1.54, 1.807) is 0 Å². The van der Waals surface area contributed by atoms with E-state index in [0.29, 0.717) is 11.3 Å². The molecule has 18 heavy (non-hydrogen) atoms. The summed E-state index contributed by atoms with van der Waals surface area (Å²) >= 11 is 0. The molecule has 4 heteroatoms. The SMILES string of the molecule is CC(OC(=O)C1CCC(C(C)(C)C)CC1)C(N)=O. The second-order valence-electron chi connectivity index (χ2n) is 6.40. The van der Waals surface area contributed by atoms with Crippen molar-refractivity contribution in [2.45, 2.75) is 59.5 Å². The topological polar surface area (TPSA) is 69.4 Å². The predicted molar refractivity (Wildman–Crippen MR) is 69.7 cm³/mol. The molecule has 0 aliphatic heterocycles. The van der Waals surface area contributed by atoms with Gasteiger partial charge in [-0.25, -0.2) is 0 Å². The maximum Gasteiger partial charge on any atom is 0.309 e. The van der Waals surface area contributed by atoms with Crippen LogP contribution in [0.15, 0.2) is 0 Å². The molecular weight excluding hydrogens is 230 g/mol. The van der Waals surface area contributed by atoms with E-state index in [9.17, 15) is 9.59 Å². The zero-order valence-electron chi connectivity index (χ0n) is 11.9. The smallest absolute Gasteiger partial charge is 0.309 e. The van der Waals surface area contributed by atoms with Crippen LogP contribution in [-0.4, -0.2) is 18.0 Å². The van der Waals surface area contributed by atoms with Crippen LogP contribution in [0.2, 0.25) is 0 Å². The Morgan fingerprint density at radius 3 is 2.06 bits per heavy atom. The van der Waals surface area contributed by atoms with Gasteiger partial charge in [-0.05, 0) is 43.9 Å². The van der Waals surface area contributed by atoms with Gasteiger partial charge in [-0.3, -0.25) is 9.59 Å². The minimum absolute atomic E-state index is 0.0644. The van der Waals surface area contributed by atoms with E-state index in [2.05, 4.69) is 20.8 Å². The highest BCUT2D eigenvalue weighted by atomic mass is 16.5. The molecular formula is C14H25NO3. The van der Waals surface area contributed by atoms with Crippen molar-refractivity contribution in [2.75, 3.05) is 0 Å². The summed E-state index contributed by atoms with van der Waals surface area (Å²) < 4.78 is 5.06. The summed E-state index contributed by atoms with van der Waals surface area (Å²) in [6.07, 6.45) is 2.99. The van der Waals surface area contributed by atoms with Gasteiger partial charge in [-0.2, -0.15) is 0 Å². The van der Waals surface area contributed by atoms with Crippen molar-refractivity contribution in [1.29, 1.82) is 0 Å². The molecule has 0 radical (unpaired) electrons. The molecule has 1 amide bonds. The summed E-state index contributed by atoms with van der Waals surface area (Å²) in [5, 5.41) is 0. The summed E-state index contributed by atoms with van der Waals surface area (Å²) in [5.41, 5.74) is 5.38. The normalized spacial score (nSPS) is 26.4. The molecule has 4 nitrogen and oxygen atoms in total. The third-order valence-corrected chi connectivity index (χ3v) is 3.98. The summed E-state index contributed by atoms with van der Waals surface area (Å²) in [5.74, 6) is -0.263. The Balaban J connectivity index is 2.43. The van der Waals surface area contributed by atoms with E-state index >= 15 is 0 Å².